The van der Waals surface area contributed by atoms with Crippen LogP contribution in [-0.2, 0) is 15.7 Å². The van der Waals surface area contributed by atoms with Crippen LogP contribution in [0.5, 0.6) is 5.75 Å². The summed E-state index contributed by atoms with van der Waals surface area (Å²) >= 11 is 0. The van der Waals surface area contributed by atoms with Crippen LogP contribution in [0.4, 0.5) is 13.2 Å². The van der Waals surface area contributed by atoms with Gasteiger partial charge in [-0.15, -0.1) is 0 Å². The highest BCUT2D eigenvalue weighted by molar-refractivity contribution is 5.69. The van der Waals surface area contributed by atoms with Gasteiger partial charge in [0.05, 0.1) is 30.4 Å². The van der Waals surface area contributed by atoms with E-state index in [-0.39, 0.29) is 18.3 Å². The molecule has 0 amide bonds. The molecular weight excluding hydrogens is 383 g/mol. The number of carbonyl (C=O) groups excluding carboxylic acids is 1. The van der Waals surface area contributed by atoms with E-state index in [0.29, 0.717) is 49.0 Å². The summed E-state index contributed by atoms with van der Waals surface area (Å²) in [6.45, 7) is 2.19. The highest BCUT2D eigenvalue weighted by Crippen LogP contribution is 2.39. The van der Waals surface area contributed by atoms with Gasteiger partial charge in [-0.3, -0.25) is 4.79 Å². The third-order valence-corrected chi connectivity index (χ3v) is 4.22. The maximum Gasteiger partial charge on any atom is 0.419 e. The Kier molecular flexibility index (Phi) is 8.08. The third kappa shape index (κ3) is 6.83. The first-order chi connectivity index (χ1) is 13.8. The Hall–Kier alpha value is -3.01. The molecule has 0 radical (unpaired) electrons. The molecule has 0 aliphatic rings. The summed E-state index contributed by atoms with van der Waals surface area (Å²) in [5.74, 6) is -0.494. The molecule has 0 saturated heterocycles. The molecule has 0 aliphatic heterocycles. The van der Waals surface area contributed by atoms with Gasteiger partial charge in [-0.25, -0.2) is 0 Å². The van der Waals surface area contributed by atoms with Gasteiger partial charge in [-0.05, 0) is 61.6 Å². The van der Waals surface area contributed by atoms with Gasteiger partial charge in [-0.2, -0.15) is 18.4 Å². The Morgan fingerprint density at radius 1 is 1.03 bits per heavy atom. The molecule has 0 aromatic heterocycles. The molecule has 29 heavy (non-hydrogen) atoms. The number of carbonyl (C=O) groups is 1. The molecule has 2 rings (SSSR count). The lowest BCUT2D eigenvalue weighted by Gasteiger charge is -2.15. The second-order valence-corrected chi connectivity index (χ2v) is 6.36. The maximum absolute atomic E-state index is 13.5. The van der Waals surface area contributed by atoms with Crippen LogP contribution in [0.2, 0.25) is 0 Å². The minimum absolute atomic E-state index is 0.127. The molecule has 0 bridgehead atoms. The Labute approximate surface area is 167 Å². The van der Waals surface area contributed by atoms with E-state index in [2.05, 4.69) is 0 Å². The van der Waals surface area contributed by atoms with Crippen LogP contribution in [0.25, 0.3) is 11.1 Å². The predicted molar refractivity (Wildman–Crippen MR) is 102 cm³/mol. The molecule has 0 unspecified atom stereocenters. The summed E-state index contributed by atoms with van der Waals surface area (Å²) in [6.07, 6.45) is -2.47. The van der Waals surface area contributed by atoms with E-state index in [0.717, 1.165) is 6.07 Å². The molecule has 0 fully saturated rings. The SMILES string of the molecule is CCOC(=O)CCCCCOc1ccc(-c2ccc(C#N)cc2)cc1C(F)(F)F. The number of unbranched alkanes of at least 4 members (excludes halogenated alkanes) is 2. The number of nitriles is 1. The summed E-state index contributed by atoms with van der Waals surface area (Å²) in [5, 5.41) is 8.84. The van der Waals surface area contributed by atoms with Gasteiger partial charge < -0.3 is 9.47 Å². The average molecular weight is 405 g/mol. The summed E-state index contributed by atoms with van der Waals surface area (Å²) in [6, 6.07) is 12.2. The topological polar surface area (TPSA) is 59.3 Å². The van der Waals surface area contributed by atoms with E-state index in [1.165, 1.54) is 6.07 Å². The number of nitrogens with zero attached hydrogens (tertiary/aromatic N) is 1. The zero-order valence-electron chi connectivity index (χ0n) is 16.1. The number of hydrogen-bond acceptors (Lipinski definition) is 4. The van der Waals surface area contributed by atoms with Crippen LogP contribution < -0.4 is 4.74 Å². The van der Waals surface area contributed by atoms with Crippen molar-refractivity contribution in [2.24, 2.45) is 0 Å². The quantitative estimate of drug-likeness (QED) is 0.394. The summed E-state index contributed by atoms with van der Waals surface area (Å²) in [5.41, 5.74) is 0.571. The van der Waals surface area contributed by atoms with Crippen LogP contribution in [-0.4, -0.2) is 19.2 Å². The zero-order chi connectivity index (χ0) is 21.3. The third-order valence-electron chi connectivity index (χ3n) is 4.22. The van der Waals surface area contributed by atoms with Crippen molar-refractivity contribution < 1.29 is 27.4 Å². The maximum atomic E-state index is 13.5. The van der Waals surface area contributed by atoms with E-state index in [1.807, 2.05) is 6.07 Å². The fourth-order valence-electron chi connectivity index (χ4n) is 2.76. The second-order valence-electron chi connectivity index (χ2n) is 6.36. The highest BCUT2D eigenvalue weighted by atomic mass is 19.4. The number of halogens is 3. The molecule has 0 N–H and O–H groups in total. The van der Waals surface area contributed by atoms with Crippen molar-refractivity contribution in [1.29, 1.82) is 5.26 Å². The molecule has 0 saturated carbocycles. The monoisotopic (exact) mass is 405 g/mol. The van der Waals surface area contributed by atoms with Crippen molar-refractivity contribution in [1.82, 2.24) is 0 Å². The zero-order valence-corrected chi connectivity index (χ0v) is 16.1. The van der Waals surface area contributed by atoms with E-state index in [4.69, 9.17) is 14.7 Å². The van der Waals surface area contributed by atoms with Crippen molar-refractivity contribution in [3.63, 3.8) is 0 Å². The second kappa shape index (κ2) is 10.5. The smallest absolute Gasteiger partial charge is 0.419 e. The number of esters is 1. The van der Waals surface area contributed by atoms with Crippen LogP contribution in [0, 0.1) is 11.3 Å². The number of alkyl halides is 3. The number of ether oxygens (including phenoxy) is 2. The molecular formula is C22H22F3NO3. The number of benzene rings is 2. The fraction of sp³-hybridized carbons (Fsp3) is 0.364. The van der Waals surface area contributed by atoms with Gasteiger partial charge in [0, 0.05) is 6.42 Å². The van der Waals surface area contributed by atoms with Gasteiger partial charge in [0.2, 0.25) is 0 Å². The lowest BCUT2D eigenvalue weighted by molar-refractivity contribution is -0.143. The first kappa shape index (κ1) is 22.3. The highest BCUT2D eigenvalue weighted by Gasteiger charge is 2.34. The van der Waals surface area contributed by atoms with Crippen LogP contribution >= 0.6 is 0 Å². The van der Waals surface area contributed by atoms with Gasteiger partial charge >= 0.3 is 12.1 Å². The fourth-order valence-corrected chi connectivity index (χ4v) is 2.76. The van der Waals surface area contributed by atoms with Gasteiger partial charge in [-0.1, -0.05) is 18.2 Å². The lowest BCUT2D eigenvalue weighted by Crippen LogP contribution is -2.10. The average Bonchev–Trinajstić information content (AvgIpc) is 2.70. The van der Waals surface area contributed by atoms with Crippen molar-refractivity contribution in [3.05, 3.63) is 53.6 Å². The summed E-state index contributed by atoms with van der Waals surface area (Å²) < 4.78 is 50.6. The minimum atomic E-state index is -4.55. The van der Waals surface area contributed by atoms with Crippen LogP contribution in [0.15, 0.2) is 42.5 Å². The number of hydrogen-bond donors (Lipinski definition) is 0. The molecule has 4 nitrogen and oxygen atoms in total. The molecule has 0 atom stereocenters. The van der Waals surface area contributed by atoms with E-state index in [9.17, 15) is 18.0 Å². The summed E-state index contributed by atoms with van der Waals surface area (Å²) in [4.78, 5) is 11.2. The Balaban J connectivity index is 2.00. The molecule has 154 valence electrons. The molecule has 2 aromatic carbocycles. The Morgan fingerprint density at radius 2 is 1.72 bits per heavy atom. The van der Waals surface area contributed by atoms with Crippen molar-refractivity contribution >= 4 is 5.97 Å². The Bertz CT molecular complexity index is 855. The van der Waals surface area contributed by atoms with Crippen molar-refractivity contribution in [3.8, 4) is 22.9 Å². The standard InChI is InChI=1S/C22H22F3NO3/c1-2-28-21(27)6-4-3-5-13-29-20-12-11-18(14-19(20)22(23,24)25)17-9-7-16(15-26)8-10-17/h7-12,14H,2-6,13H2,1H3. The predicted octanol–water partition coefficient (Wildman–Crippen LogP) is 5.75. The molecule has 0 aliphatic carbocycles. The normalized spacial score (nSPS) is 11.0. The molecule has 0 spiro atoms. The van der Waals surface area contributed by atoms with Crippen LogP contribution in [0.3, 0.4) is 0 Å². The minimum Gasteiger partial charge on any atom is -0.493 e. The van der Waals surface area contributed by atoms with Gasteiger partial charge in [0.15, 0.2) is 0 Å². The largest absolute Gasteiger partial charge is 0.493 e. The molecule has 7 heteroatoms. The van der Waals surface area contributed by atoms with Gasteiger partial charge in [0.25, 0.3) is 0 Å². The first-order valence-electron chi connectivity index (χ1n) is 9.35. The molecule has 2 aromatic rings. The molecule has 0 heterocycles. The summed E-state index contributed by atoms with van der Waals surface area (Å²) in [7, 11) is 0. The number of rotatable bonds is 9. The Morgan fingerprint density at radius 3 is 2.34 bits per heavy atom. The van der Waals surface area contributed by atoms with Gasteiger partial charge in [0.1, 0.15) is 5.75 Å². The van der Waals surface area contributed by atoms with Crippen molar-refractivity contribution in [2.45, 2.75) is 38.8 Å². The van der Waals surface area contributed by atoms with Crippen LogP contribution in [0.1, 0.15) is 43.7 Å². The lowest BCUT2D eigenvalue weighted by atomic mass is 10.0. The van der Waals surface area contributed by atoms with E-state index < -0.39 is 11.7 Å². The van der Waals surface area contributed by atoms with E-state index >= 15 is 0 Å². The van der Waals surface area contributed by atoms with E-state index in [1.54, 1.807) is 37.3 Å². The van der Waals surface area contributed by atoms with Crippen molar-refractivity contribution in [2.75, 3.05) is 13.2 Å². The first-order valence-corrected chi connectivity index (χ1v) is 9.35.